The van der Waals surface area contributed by atoms with E-state index < -0.39 is 0 Å². The SMILES string of the molecule is CCCC(CC)C1CCCCC1.COC(=O)C1CN(Cc2ccc3c(O)cccc3c2)C1. The molecule has 0 amide bonds. The van der Waals surface area contributed by atoms with Crippen LogP contribution >= 0.6 is 0 Å². The van der Waals surface area contributed by atoms with Crippen molar-refractivity contribution in [2.45, 2.75) is 71.8 Å². The zero-order valence-corrected chi connectivity index (χ0v) is 20.2. The average molecular weight is 440 g/mol. The lowest BCUT2D eigenvalue weighted by Gasteiger charge is -2.37. The van der Waals surface area contributed by atoms with Crippen LogP contribution in [0.3, 0.4) is 0 Å². The second-order valence-corrected chi connectivity index (χ2v) is 9.60. The van der Waals surface area contributed by atoms with Crippen molar-refractivity contribution in [1.82, 2.24) is 4.90 Å². The Morgan fingerprint density at radius 1 is 1.12 bits per heavy atom. The number of likely N-dealkylation sites (tertiary alicyclic amines) is 1. The summed E-state index contributed by atoms with van der Waals surface area (Å²) in [5.41, 5.74) is 1.19. The molecule has 0 spiro atoms. The van der Waals surface area contributed by atoms with E-state index in [0.717, 1.165) is 42.2 Å². The number of benzene rings is 2. The first kappa shape index (κ1) is 24.6. The molecule has 1 saturated heterocycles. The minimum Gasteiger partial charge on any atom is -0.507 e. The number of nitrogens with zero attached hydrogens (tertiary/aromatic N) is 1. The van der Waals surface area contributed by atoms with Gasteiger partial charge in [-0.05, 0) is 34.9 Å². The van der Waals surface area contributed by atoms with Gasteiger partial charge in [-0.2, -0.15) is 0 Å². The quantitative estimate of drug-likeness (QED) is 0.497. The molecule has 1 aliphatic carbocycles. The van der Waals surface area contributed by atoms with Crippen LogP contribution in [0.2, 0.25) is 0 Å². The molecule has 32 heavy (non-hydrogen) atoms. The minimum atomic E-state index is -0.121. The number of carbonyl (C=O) groups is 1. The van der Waals surface area contributed by atoms with Gasteiger partial charge < -0.3 is 9.84 Å². The fourth-order valence-corrected chi connectivity index (χ4v) is 5.44. The summed E-state index contributed by atoms with van der Waals surface area (Å²) in [6, 6.07) is 11.6. The Morgan fingerprint density at radius 3 is 2.53 bits per heavy atom. The van der Waals surface area contributed by atoms with Gasteiger partial charge in [-0.25, -0.2) is 0 Å². The van der Waals surface area contributed by atoms with Crippen LogP contribution in [-0.4, -0.2) is 36.2 Å². The molecular formula is C28H41NO3. The van der Waals surface area contributed by atoms with Gasteiger partial charge in [0.2, 0.25) is 0 Å². The number of phenols is 1. The van der Waals surface area contributed by atoms with Gasteiger partial charge in [0.25, 0.3) is 0 Å². The Balaban J connectivity index is 0.000000207. The monoisotopic (exact) mass is 439 g/mol. The predicted molar refractivity (Wildman–Crippen MR) is 132 cm³/mol. The number of ether oxygens (including phenoxy) is 1. The number of carbonyl (C=O) groups excluding carboxylic acids is 1. The predicted octanol–water partition coefficient (Wildman–Crippen LogP) is 6.54. The van der Waals surface area contributed by atoms with Gasteiger partial charge >= 0.3 is 5.97 Å². The molecule has 2 aliphatic rings. The number of hydrogen-bond donors (Lipinski definition) is 1. The molecule has 2 aromatic rings. The lowest BCUT2D eigenvalue weighted by molar-refractivity contribution is -0.151. The van der Waals surface area contributed by atoms with Gasteiger partial charge in [-0.3, -0.25) is 9.69 Å². The van der Waals surface area contributed by atoms with E-state index >= 15 is 0 Å². The molecule has 1 N–H and O–H groups in total. The number of rotatable bonds is 7. The van der Waals surface area contributed by atoms with E-state index in [1.807, 2.05) is 24.3 Å². The fraction of sp³-hybridized carbons (Fsp3) is 0.607. The molecule has 1 unspecified atom stereocenters. The Morgan fingerprint density at radius 2 is 1.88 bits per heavy atom. The van der Waals surface area contributed by atoms with E-state index in [4.69, 9.17) is 4.74 Å². The summed E-state index contributed by atoms with van der Waals surface area (Å²) in [4.78, 5) is 13.5. The summed E-state index contributed by atoms with van der Waals surface area (Å²) < 4.78 is 4.73. The maximum atomic E-state index is 11.3. The van der Waals surface area contributed by atoms with Gasteiger partial charge in [-0.1, -0.05) is 89.5 Å². The van der Waals surface area contributed by atoms with Crippen molar-refractivity contribution in [3.05, 3.63) is 42.0 Å². The second-order valence-electron chi connectivity index (χ2n) is 9.60. The Labute approximate surface area is 194 Å². The van der Waals surface area contributed by atoms with E-state index in [2.05, 4.69) is 24.8 Å². The third-order valence-electron chi connectivity index (χ3n) is 7.32. The number of hydrogen-bond acceptors (Lipinski definition) is 4. The summed E-state index contributed by atoms with van der Waals surface area (Å²) in [6.45, 7) is 7.02. The highest BCUT2D eigenvalue weighted by molar-refractivity contribution is 5.88. The molecule has 2 fully saturated rings. The van der Waals surface area contributed by atoms with Gasteiger partial charge in [0, 0.05) is 25.0 Å². The lowest BCUT2D eigenvalue weighted by atomic mass is 9.77. The molecule has 0 bridgehead atoms. The second kappa shape index (κ2) is 12.2. The van der Waals surface area contributed by atoms with Crippen LogP contribution < -0.4 is 0 Å². The molecular weight excluding hydrogens is 398 g/mol. The van der Waals surface area contributed by atoms with Crippen LogP contribution in [0, 0.1) is 17.8 Å². The zero-order valence-electron chi connectivity index (χ0n) is 20.2. The van der Waals surface area contributed by atoms with Crippen LogP contribution in [-0.2, 0) is 16.1 Å². The number of methoxy groups -OCH3 is 1. The Kier molecular flexibility index (Phi) is 9.40. The molecule has 0 aromatic heterocycles. The standard InChI is InChI=1S/C16H17NO3.C12H24/c1-20-16(19)13-9-17(10-13)8-11-5-6-14-12(7-11)3-2-4-15(14)18;1-3-8-11(4-2)12-9-6-5-7-10-12/h2-7,13,18H,8-10H2,1H3;11-12H,3-10H2,1-2H3. The molecule has 1 aliphatic heterocycles. The average Bonchev–Trinajstić information content (AvgIpc) is 2.80. The summed E-state index contributed by atoms with van der Waals surface area (Å²) in [7, 11) is 1.43. The number of aromatic hydroxyl groups is 1. The third kappa shape index (κ3) is 6.48. The maximum absolute atomic E-state index is 11.3. The Bertz CT molecular complexity index is 850. The van der Waals surface area contributed by atoms with Crippen LogP contribution in [0.15, 0.2) is 36.4 Å². The molecule has 176 valence electrons. The molecule has 4 nitrogen and oxygen atoms in total. The van der Waals surface area contributed by atoms with E-state index in [1.165, 1.54) is 64.0 Å². The molecule has 1 heterocycles. The maximum Gasteiger partial charge on any atom is 0.311 e. The third-order valence-corrected chi connectivity index (χ3v) is 7.32. The van der Waals surface area contributed by atoms with E-state index in [0.29, 0.717) is 5.75 Å². The van der Waals surface area contributed by atoms with E-state index in [-0.39, 0.29) is 11.9 Å². The van der Waals surface area contributed by atoms with E-state index in [1.54, 1.807) is 6.07 Å². The highest BCUT2D eigenvalue weighted by Gasteiger charge is 2.33. The number of phenolic OH excluding ortho intramolecular Hbond substituents is 1. The van der Waals surface area contributed by atoms with Crippen molar-refractivity contribution >= 4 is 16.7 Å². The highest BCUT2D eigenvalue weighted by Crippen LogP contribution is 2.34. The summed E-state index contributed by atoms with van der Waals surface area (Å²) in [6.07, 6.45) is 11.8. The van der Waals surface area contributed by atoms with Crippen molar-refractivity contribution in [3.8, 4) is 5.75 Å². The van der Waals surface area contributed by atoms with Crippen molar-refractivity contribution in [2.75, 3.05) is 20.2 Å². The zero-order chi connectivity index (χ0) is 22.9. The van der Waals surface area contributed by atoms with Crippen molar-refractivity contribution in [3.63, 3.8) is 0 Å². The smallest absolute Gasteiger partial charge is 0.311 e. The van der Waals surface area contributed by atoms with Gasteiger partial charge in [0.1, 0.15) is 5.75 Å². The van der Waals surface area contributed by atoms with Crippen LogP contribution in [0.5, 0.6) is 5.75 Å². The van der Waals surface area contributed by atoms with Gasteiger partial charge in [0.05, 0.1) is 13.0 Å². The number of esters is 1. The van der Waals surface area contributed by atoms with Crippen molar-refractivity contribution in [2.24, 2.45) is 17.8 Å². The first-order valence-electron chi connectivity index (χ1n) is 12.6. The van der Waals surface area contributed by atoms with Crippen molar-refractivity contribution < 1.29 is 14.6 Å². The largest absolute Gasteiger partial charge is 0.507 e. The lowest BCUT2D eigenvalue weighted by Crippen LogP contribution is -2.49. The normalized spacial score (nSPS) is 18.5. The first-order chi connectivity index (χ1) is 15.5. The summed E-state index contributed by atoms with van der Waals surface area (Å²) in [5.74, 6) is 2.34. The fourth-order valence-electron chi connectivity index (χ4n) is 5.44. The number of fused-ring (bicyclic) bond motifs is 1. The summed E-state index contributed by atoms with van der Waals surface area (Å²) in [5, 5.41) is 11.7. The Hall–Kier alpha value is -2.07. The van der Waals surface area contributed by atoms with Crippen LogP contribution in [0.25, 0.3) is 10.8 Å². The molecule has 2 aromatic carbocycles. The molecule has 1 saturated carbocycles. The minimum absolute atomic E-state index is 0.0181. The molecule has 4 heteroatoms. The topological polar surface area (TPSA) is 49.8 Å². The summed E-state index contributed by atoms with van der Waals surface area (Å²) >= 11 is 0. The highest BCUT2D eigenvalue weighted by atomic mass is 16.5. The first-order valence-corrected chi connectivity index (χ1v) is 12.6. The van der Waals surface area contributed by atoms with Crippen LogP contribution in [0.4, 0.5) is 0 Å². The van der Waals surface area contributed by atoms with Crippen LogP contribution in [0.1, 0.15) is 70.8 Å². The van der Waals surface area contributed by atoms with Crippen molar-refractivity contribution in [1.29, 1.82) is 0 Å². The van der Waals surface area contributed by atoms with Gasteiger partial charge in [-0.15, -0.1) is 0 Å². The molecule has 0 radical (unpaired) electrons. The molecule has 1 atom stereocenters. The van der Waals surface area contributed by atoms with Gasteiger partial charge in [0.15, 0.2) is 0 Å². The molecule has 4 rings (SSSR count). The van der Waals surface area contributed by atoms with E-state index in [9.17, 15) is 9.90 Å².